The summed E-state index contributed by atoms with van der Waals surface area (Å²) >= 11 is 0. The van der Waals surface area contributed by atoms with Gasteiger partial charge in [-0.25, -0.2) is 0 Å². The fourth-order valence-corrected chi connectivity index (χ4v) is 3.88. The molecule has 1 aromatic heterocycles. The smallest absolute Gasteiger partial charge is 0.229 e. The van der Waals surface area contributed by atoms with Crippen LogP contribution >= 0.6 is 0 Å². The molecule has 34 heavy (non-hydrogen) atoms. The van der Waals surface area contributed by atoms with Crippen molar-refractivity contribution in [2.24, 2.45) is 7.05 Å². The number of rotatable bonds is 6. The summed E-state index contributed by atoms with van der Waals surface area (Å²) in [5, 5.41) is 40.6. The van der Waals surface area contributed by atoms with Crippen molar-refractivity contribution in [3.05, 3.63) is 65.9 Å². The molecule has 0 saturated carbocycles. The highest BCUT2D eigenvalue weighted by Crippen LogP contribution is 2.32. The van der Waals surface area contributed by atoms with Crippen molar-refractivity contribution in [2.75, 3.05) is 13.7 Å². The molecule has 0 radical (unpaired) electrons. The number of hydrogen-bond acceptors (Lipinski definition) is 7. The number of nitrogens with zero attached hydrogens (tertiary/aromatic N) is 1. The molecule has 0 unspecified atom stereocenters. The van der Waals surface area contributed by atoms with Gasteiger partial charge in [0.15, 0.2) is 11.5 Å². The number of aliphatic hydroxyl groups excluding tert-OH is 4. The van der Waals surface area contributed by atoms with E-state index >= 15 is 0 Å². The third kappa shape index (κ3) is 5.35. The van der Waals surface area contributed by atoms with Crippen LogP contribution in [0.2, 0.25) is 0 Å². The minimum absolute atomic E-state index is 0. The SMILES string of the molecule is COc1cc(/C=C/c2ccc3ccccc3[n+]2C)ccc1O[C@@H]1O[C@H](CO)[C@H](O)[C@H](O)[C@H]1O.[I-]. The van der Waals surface area contributed by atoms with E-state index in [1.165, 1.54) is 7.11 Å². The molecule has 182 valence electrons. The lowest BCUT2D eigenvalue weighted by Gasteiger charge is -2.39. The van der Waals surface area contributed by atoms with Gasteiger partial charge in [0, 0.05) is 23.6 Å². The van der Waals surface area contributed by atoms with Crippen LogP contribution in [0.3, 0.4) is 0 Å². The number of aliphatic hydroxyl groups is 4. The predicted molar refractivity (Wildman–Crippen MR) is 121 cm³/mol. The topological polar surface area (TPSA) is 112 Å². The van der Waals surface area contributed by atoms with Crippen LogP contribution in [0.15, 0.2) is 54.6 Å². The molecule has 1 aliphatic heterocycles. The average molecular weight is 581 g/mol. The van der Waals surface area contributed by atoms with Gasteiger partial charge < -0.3 is 58.6 Å². The summed E-state index contributed by atoms with van der Waals surface area (Å²) in [6.45, 7) is -0.530. The summed E-state index contributed by atoms with van der Waals surface area (Å²) in [6.07, 6.45) is -2.85. The van der Waals surface area contributed by atoms with Crippen LogP contribution in [0.25, 0.3) is 23.1 Å². The van der Waals surface area contributed by atoms with Crippen molar-refractivity contribution in [3.8, 4) is 11.5 Å². The molecule has 2 heterocycles. The van der Waals surface area contributed by atoms with Crippen LogP contribution in [0.1, 0.15) is 11.3 Å². The summed E-state index contributed by atoms with van der Waals surface area (Å²) in [7, 11) is 3.51. The van der Waals surface area contributed by atoms with Gasteiger partial charge in [-0.15, -0.1) is 0 Å². The summed E-state index contributed by atoms with van der Waals surface area (Å²) in [4.78, 5) is 0. The van der Waals surface area contributed by atoms with Crippen LogP contribution in [0, 0.1) is 0 Å². The lowest BCUT2D eigenvalue weighted by atomic mass is 9.99. The first-order chi connectivity index (χ1) is 15.9. The Labute approximate surface area is 214 Å². The Morgan fingerprint density at radius 1 is 0.941 bits per heavy atom. The van der Waals surface area contributed by atoms with E-state index in [9.17, 15) is 20.4 Å². The molecule has 2 aromatic carbocycles. The molecular weight excluding hydrogens is 553 g/mol. The van der Waals surface area contributed by atoms with Crippen LogP contribution in [-0.4, -0.2) is 64.8 Å². The van der Waals surface area contributed by atoms with E-state index < -0.39 is 37.3 Å². The van der Waals surface area contributed by atoms with Crippen molar-refractivity contribution < 1.29 is 63.2 Å². The molecule has 9 heteroatoms. The van der Waals surface area contributed by atoms with Crippen LogP contribution in [0.4, 0.5) is 0 Å². The van der Waals surface area contributed by atoms with E-state index in [1.54, 1.807) is 12.1 Å². The van der Waals surface area contributed by atoms with Crippen LogP contribution in [0.5, 0.6) is 11.5 Å². The first kappa shape index (κ1) is 26.3. The predicted octanol–water partition coefficient (Wildman–Crippen LogP) is -1.97. The Morgan fingerprint density at radius 2 is 1.71 bits per heavy atom. The van der Waals surface area contributed by atoms with Gasteiger partial charge in [0.25, 0.3) is 0 Å². The Kier molecular flexibility index (Phi) is 8.85. The highest BCUT2D eigenvalue weighted by Gasteiger charge is 2.44. The number of hydrogen-bond donors (Lipinski definition) is 4. The van der Waals surface area contributed by atoms with Crippen LogP contribution in [-0.2, 0) is 11.8 Å². The fraction of sp³-hybridized carbons (Fsp3) is 0.320. The van der Waals surface area contributed by atoms with Crippen molar-refractivity contribution in [2.45, 2.75) is 30.7 Å². The van der Waals surface area contributed by atoms with E-state index in [4.69, 9.17) is 14.2 Å². The van der Waals surface area contributed by atoms with Crippen molar-refractivity contribution in [1.82, 2.24) is 0 Å². The number of para-hydroxylation sites is 1. The van der Waals surface area contributed by atoms with Crippen molar-refractivity contribution in [1.29, 1.82) is 0 Å². The number of halogens is 1. The van der Waals surface area contributed by atoms with E-state index in [-0.39, 0.29) is 29.7 Å². The number of ether oxygens (including phenoxy) is 3. The lowest BCUT2D eigenvalue weighted by molar-refractivity contribution is -0.646. The van der Waals surface area contributed by atoms with Gasteiger partial charge in [-0.3, -0.25) is 0 Å². The van der Waals surface area contributed by atoms with Gasteiger partial charge in [-0.2, -0.15) is 4.57 Å². The molecule has 0 spiro atoms. The van der Waals surface area contributed by atoms with E-state index in [0.29, 0.717) is 5.75 Å². The monoisotopic (exact) mass is 581 g/mol. The van der Waals surface area contributed by atoms with E-state index in [1.807, 2.05) is 43.5 Å². The normalized spacial score (nSPS) is 24.7. The number of pyridine rings is 1. The molecule has 0 amide bonds. The zero-order chi connectivity index (χ0) is 23.5. The summed E-state index contributed by atoms with van der Waals surface area (Å²) < 4.78 is 18.7. The number of aryl methyl sites for hydroxylation is 1. The Hall–Kier alpha value is -2.28. The zero-order valence-electron chi connectivity index (χ0n) is 18.8. The molecule has 4 N–H and O–H groups in total. The summed E-state index contributed by atoms with van der Waals surface area (Å²) in [6, 6.07) is 17.5. The molecule has 1 aliphatic rings. The zero-order valence-corrected chi connectivity index (χ0v) is 20.9. The van der Waals surface area contributed by atoms with E-state index in [0.717, 1.165) is 22.2 Å². The molecule has 0 aliphatic carbocycles. The number of fused-ring (bicyclic) bond motifs is 1. The minimum Gasteiger partial charge on any atom is -1.00 e. The second kappa shape index (κ2) is 11.4. The molecule has 8 nitrogen and oxygen atoms in total. The van der Waals surface area contributed by atoms with Gasteiger partial charge in [0.1, 0.15) is 31.5 Å². The first-order valence-electron chi connectivity index (χ1n) is 10.6. The Bertz CT molecular complexity index is 1150. The van der Waals surface area contributed by atoms with Gasteiger partial charge in [-0.05, 0) is 35.9 Å². The molecule has 4 rings (SSSR count). The second-order valence-corrected chi connectivity index (χ2v) is 7.93. The highest BCUT2D eigenvalue weighted by molar-refractivity contribution is 5.77. The maximum atomic E-state index is 10.2. The maximum Gasteiger partial charge on any atom is 0.229 e. The summed E-state index contributed by atoms with van der Waals surface area (Å²) in [5.41, 5.74) is 3.01. The van der Waals surface area contributed by atoms with Gasteiger partial charge in [0.2, 0.25) is 17.5 Å². The molecule has 1 fully saturated rings. The van der Waals surface area contributed by atoms with Gasteiger partial charge >= 0.3 is 0 Å². The average Bonchev–Trinajstić information content (AvgIpc) is 2.84. The lowest BCUT2D eigenvalue weighted by Crippen LogP contribution is -3.00. The largest absolute Gasteiger partial charge is 1.00 e. The second-order valence-electron chi connectivity index (χ2n) is 7.93. The van der Waals surface area contributed by atoms with Crippen LogP contribution < -0.4 is 38.0 Å². The number of methoxy groups -OCH3 is 1. The number of benzene rings is 2. The highest BCUT2D eigenvalue weighted by atomic mass is 127. The Morgan fingerprint density at radius 3 is 2.44 bits per heavy atom. The van der Waals surface area contributed by atoms with Gasteiger partial charge in [0.05, 0.1) is 13.7 Å². The number of aromatic nitrogens is 1. The molecule has 5 atom stereocenters. The molecule has 3 aromatic rings. The third-order valence-corrected chi connectivity index (χ3v) is 5.84. The van der Waals surface area contributed by atoms with Crippen molar-refractivity contribution in [3.63, 3.8) is 0 Å². The van der Waals surface area contributed by atoms with Crippen molar-refractivity contribution >= 4 is 23.1 Å². The maximum absolute atomic E-state index is 10.2. The quantitative estimate of drug-likeness (QED) is 0.198. The molecular formula is C25H28INO7. The summed E-state index contributed by atoms with van der Waals surface area (Å²) in [5.74, 6) is 0.687. The van der Waals surface area contributed by atoms with E-state index in [2.05, 4.69) is 22.8 Å². The standard InChI is InChI=1S/C25H28NO7.HI/c1-26-17(11-9-16-5-3-4-6-18(16)26)10-7-15-8-12-19(20(13-15)31-2)32-25-24(30)23(29)22(28)21(14-27)33-25;/h3-13,21-25,27-30H,14H2,1-2H3;1H/q+1;/p-1/b10-7+;/t21-,22+,23+,24-,25-;/m1./s1. The first-order valence-corrected chi connectivity index (χ1v) is 10.6. The third-order valence-electron chi connectivity index (χ3n) is 5.84. The van der Waals surface area contributed by atoms with Gasteiger partial charge in [-0.1, -0.05) is 18.2 Å². The molecule has 1 saturated heterocycles. The Balaban J connectivity index is 0.00000324. The minimum atomic E-state index is -1.52. The molecule has 0 bridgehead atoms. The fourth-order valence-electron chi connectivity index (χ4n) is 3.88.